The number of benzene rings is 1. The van der Waals surface area contributed by atoms with Crippen LogP contribution in [0.2, 0.25) is 0 Å². The summed E-state index contributed by atoms with van der Waals surface area (Å²) < 4.78 is 5.69. The van der Waals surface area contributed by atoms with Crippen molar-refractivity contribution in [2.75, 3.05) is 25.0 Å². The van der Waals surface area contributed by atoms with Crippen molar-refractivity contribution in [3.8, 4) is 0 Å². The lowest BCUT2D eigenvalue weighted by Gasteiger charge is -2.34. The number of rotatable bonds is 3. The maximum absolute atomic E-state index is 12.3. The van der Waals surface area contributed by atoms with Crippen molar-refractivity contribution in [2.45, 2.75) is 26.1 Å². The van der Waals surface area contributed by atoms with Gasteiger partial charge in [0.2, 0.25) is 5.91 Å². The van der Waals surface area contributed by atoms with Gasteiger partial charge in [-0.3, -0.25) is 14.7 Å². The highest BCUT2D eigenvalue weighted by Gasteiger charge is 2.23. The first kappa shape index (κ1) is 14.9. The molecule has 1 aliphatic heterocycles. The Hall–Kier alpha value is -1.98. The van der Waals surface area contributed by atoms with E-state index in [9.17, 15) is 4.79 Å². The number of aromatic nitrogens is 1. The topological polar surface area (TPSA) is 54.5 Å². The lowest BCUT2D eigenvalue weighted by atomic mass is 10.2. The number of nitrogens with zero attached hydrogens (tertiary/aromatic N) is 2. The molecule has 5 heteroatoms. The number of nitrogens with one attached hydrogen (secondary N) is 1. The van der Waals surface area contributed by atoms with Gasteiger partial charge in [-0.1, -0.05) is 6.07 Å². The van der Waals surface area contributed by atoms with Crippen LogP contribution in [-0.4, -0.2) is 47.6 Å². The molecule has 1 fully saturated rings. The molecular formula is C17H21N3O2. The molecule has 22 heavy (non-hydrogen) atoms. The molecule has 1 aliphatic rings. The second-order valence-corrected chi connectivity index (χ2v) is 5.88. The van der Waals surface area contributed by atoms with Crippen LogP contribution >= 0.6 is 0 Å². The first-order chi connectivity index (χ1) is 10.6. The van der Waals surface area contributed by atoms with Crippen LogP contribution in [0.15, 0.2) is 36.5 Å². The summed E-state index contributed by atoms with van der Waals surface area (Å²) in [5.74, 6) is -0.00217. The first-order valence-corrected chi connectivity index (χ1v) is 7.63. The number of hydrogen-bond acceptors (Lipinski definition) is 4. The number of morpholine rings is 1. The van der Waals surface area contributed by atoms with Gasteiger partial charge < -0.3 is 10.1 Å². The standard InChI is InChI=1S/C17H21N3O2/c1-12-9-20(10-13(2)22-12)11-17(21)19-16-7-3-6-15-14(16)5-4-8-18-15/h3-8,12-13H,9-11H2,1-2H3,(H,19,21)/t12-,13-/m0/s1. The number of fused-ring (bicyclic) bond motifs is 1. The second kappa shape index (κ2) is 6.42. The van der Waals surface area contributed by atoms with Gasteiger partial charge in [0.1, 0.15) is 0 Å². The maximum atomic E-state index is 12.3. The van der Waals surface area contributed by atoms with E-state index in [0.717, 1.165) is 29.7 Å². The Kier molecular flexibility index (Phi) is 4.36. The minimum absolute atomic E-state index is 0.00217. The lowest BCUT2D eigenvalue weighted by molar-refractivity contribution is -0.121. The molecular weight excluding hydrogens is 278 g/mol. The van der Waals surface area contributed by atoms with Crippen LogP contribution in [0.3, 0.4) is 0 Å². The van der Waals surface area contributed by atoms with E-state index in [0.29, 0.717) is 6.54 Å². The quantitative estimate of drug-likeness (QED) is 0.945. The van der Waals surface area contributed by atoms with E-state index in [-0.39, 0.29) is 18.1 Å². The van der Waals surface area contributed by atoms with Crippen LogP contribution in [0.1, 0.15) is 13.8 Å². The van der Waals surface area contributed by atoms with Gasteiger partial charge in [0.25, 0.3) is 0 Å². The van der Waals surface area contributed by atoms with Crippen molar-refractivity contribution < 1.29 is 9.53 Å². The van der Waals surface area contributed by atoms with E-state index in [1.54, 1.807) is 6.20 Å². The Morgan fingerprint density at radius 2 is 2.05 bits per heavy atom. The number of hydrogen-bond donors (Lipinski definition) is 1. The molecule has 2 aromatic rings. The summed E-state index contributed by atoms with van der Waals surface area (Å²) in [6.07, 6.45) is 2.08. The van der Waals surface area contributed by atoms with Crippen LogP contribution in [0, 0.1) is 0 Å². The summed E-state index contributed by atoms with van der Waals surface area (Å²) >= 11 is 0. The molecule has 2 atom stereocenters. The SMILES string of the molecule is C[C@H]1CN(CC(=O)Nc2cccc3ncccc23)C[C@H](C)O1. The van der Waals surface area contributed by atoms with Crippen molar-refractivity contribution in [3.05, 3.63) is 36.5 Å². The largest absolute Gasteiger partial charge is 0.373 e. The summed E-state index contributed by atoms with van der Waals surface area (Å²) in [5.41, 5.74) is 1.69. The van der Waals surface area contributed by atoms with E-state index in [4.69, 9.17) is 4.74 Å². The van der Waals surface area contributed by atoms with Crippen LogP contribution in [0.4, 0.5) is 5.69 Å². The Morgan fingerprint density at radius 1 is 1.27 bits per heavy atom. The van der Waals surface area contributed by atoms with Gasteiger partial charge in [0.15, 0.2) is 0 Å². The van der Waals surface area contributed by atoms with Gasteiger partial charge in [0.05, 0.1) is 30.0 Å². The van der Waals surface area contributed by atoms with Crippen LogP contribution in [-0.2, 0) is 9.53 Å². The molecule has 3 rings (SSSR count). The van der Waals surface area contributed by atoms with E-state index in [1.165, 1.54) is 0 Å². The highest BCUT2D eigenvalue weighted by Crippen LogP contribution is 2.21. The van der Waals surface area contributed by atoms with Gasteiger partial charge in [-0.05, 0) is 38.1 Å². The average molecular weight is 299 g/mol. The molecule has 0 saturated carbocycles. The van der Waals surface area contributed by atoms with Gasteiger partial charge in [-0.25, -0.2) is 0 Å². The molecule has 1 aromatic carbocycles. The van der Waals surface area contributed by atoms with Gasteiger partial charge in [-0.15, -0.1) is 0 Å². The maximum Gasteiger partial charge on any atom is 0.238 e. The Balaban J connectivity index is 1.68. The number of pyridine rings is 1. The van der Waals surface area contributed by atoms with Gasteiger partial charge in [-0.2, -0.15) is 0 Å². The van der Waals surface area contributed by atoms with E-state index >= 15 is 0 Å². The van der Waals surface area contributed by atoms with Gasteiger partial charge >= 0.3 is 0 Å². The molecule has 116 valence electrons. The normalized spacial score (nSPS) is 22.6. The zero-order chi connectivity index (χ0) is 15.5. The molecule has 0 radical (unpaired) electrons. The average Bonchev–Trinajstić information content (AvgIpc) is 2.46. The molecule has 0 spiro atoms. The number of amides is 1. The van der Waals surface area contributed by atoms with Crippen molar-refractivity contribution >= 4 is 22.5 Å². The zero-order valence-corrected chi connectivity index (χ0v) is 13.0. The summed E-state index contributed by atoms with van der Waals surface area (Å²) in [4.78, 5) is 18.8. The highest BCUT2D eigenvalue weighted by atomic mass is 16.5. The van der Waals surface area contributed by atoms with Crippen molar-refractivity contribution in [3.63, 3.8) is 0 Å². The second-order valence-electron chi connectivity index (χ2n) is 5.88. The fourth-order valence-electron chi connectivity index (χ4n) is 3.02. The third kappa shape index (κ3) is 3.43. The number of anilines is 1. The predicted octanol–water partition coefficient (Wildman–Crippen LogP) is 2.28. The Morgan fingerprint density at radius 3 is 2.82 bits per heavy atom. The van der Waals surface area contributed by atoms with E-state index in [2.05, 4.69) is 15.2 Å². The van der Waals surface area contributed by atoms with Crippen molar-refractivity contribution in [2.24, 2.45) is 0 Å². The zero-order valence-electron chi connectivity index (χ0n) is 13.0. The van der Waals surface area contributed by atoms with Crippen LogP contribution in [0.5, 0.6) is 0 Å². The van der Waals surface area contributed by atoms with Crippen molar-refractivity contribution in [1.82, 2.24) is 9.88 Å². The minimum atomic E-state index is -0.00217. The number of ether oxygens (including phenoxy) is 1. The van der Waals surface area contributed by atoms with Crippen LogP contribution < -0.4 is 5.32 Å². The molecule has 0 unspecified atom stereocenters. The number of carbonyl (C=O) groups excluding carboxylic acids is 1. The third-order valence-corrected chi connectivity index (χ3v) is 3.78. The minimum Gasteiger partial charge on any atom is -0.373 e. The summed E-state index contributed by atoms with van der Waals surface area (Å²) in [7, 11) is 0. The van der Waals surface area contributed by atoms with E-state index < -0.39 is 0 Å². The Bertz CT molecular complexity index is 659. The third-order valence-electron chi connectivity index (χ3n) is 3.78. The van der Waals surface area contributed by atoms with Crippen LogP contribution in [0.25, 0.3) is 10.9 Å². The lowest BCUT2D eigenvalue weighted by Crippen LogP contribution is -2.48. The molecule has 1 aromatic heterocycles. The molecule has 1 N–H and O–H groups in total. The number of carbonyl (C=O) groups is 1. The van der Waals surface area contributed by atoms with E-state index in [1.807, 2.05) is 44.2 Å². The monoisotopic (exact) mass is 299 g/mol. The fraction of sp³-hybridized carbons (Fsp3) is 0.412. The predicted molar refractivity (Wildman–Crippen MR) is 86.8 cm³/mol. The fourth-order valence-corrected chi connectivity index (χ4v) is 3.02. The summed E-state index contributed by atoms with van der Waals surface area (Å²) in [6, 6.07) is 9.60. The highest BCUT2D eigenvalue weighted by molar-refractivity contribution is 6.01. The molecule has 5 nitrogen and oxygen atoms in total. The molecule has 0 bridgehead atoms. The summed E-state index contributed by atoms with van der Waals surface area (Å²) in [6.45, 7) is 6.03. The molecule has 0 aliphatic carbocycles. The molecule has 1 saturated heterocycles. The molecule has 1 amide bonds. The van der Waals surface area contributed by atoms with Gasteiger partial charge in [0, 0.05) is 24.7 Å². The smallest absolute Gasteiger partial charge is 0.238 e. The molecule has 2 heterocycles. The van der Waals surface area contributed by atoms with Crippen molar-refractivity contribution in [1.29, 1.82) is 0 Å². The Labute approximate surface area is 130 Å². The first-order valence-electron chi connectivity index (χ1n) is 7.63. The summed E-state index contributed by atoms with van der Waals surface area (Å²) in [5, 5.41) is 3.96.